The molecule has 1 aromatic carbocycles. The van der Waals surface area contributed by atoms with Gasteiger partial charge < -0.3 is 20.9 Å². The fourth-order valence-electron chi connectivity index (χ4n) is 1.59. The van der Waals surface area contributed by atoms with Crippen LogP contribution < -0.4 is 11.1 Å². The molecule has 1 fully saturated rings. The van der Waals surface area contributed by atoms with Crippen molar-refractivity contribution in [3.8, 4) is 5.75 Å². The first-order valence-electron chi connectivity index (χ1n) is 5.08. The van der Waals surface area contributed by atoms with Crippen LogP contribution in [-0.2, 0) is 9.53 Å². The lowest BCUT2D eigenvalue weighted by Crippen LogP contribution is -2.51. The van der Waals surface area contributed by atoms with E-state index in [1.807, 2.05) is 0 Å². The smallest absolute Gasteiger partial charge is 0.247 e. The van der Waals surface area contributed by atoms with E-state index in [-0.39, 0.29) is 18.3 Å². The first kappa shape index (κ1) is 10.9. The van der Waals surface area contributed by atoms with E-state index in [1.54, 1.807) is 18.2 Å². The number of nitrogens with two attached hydrogens (primary N) is 1. The van der Waals surface area contributed by atoms with Crippen LogP contribution in [0.3, 0.4) is 0 Å². The van der Waals surface area contributed by atoms with E-state index in [1.165, 1.54) is 6.07 Å². The molecule has 4 N–H and O–H groups in total. The highest BCUT2D eigenvalue weighted by molar-refractivity contribution is 5.99. The zero-order valence-electron chi connectivity index (χ0n) is 8.77. The molecule has 0 bridgehead atoms. The molecule has 1 heterocycles. The maximum atomic E-state index is 11.9. The fourth-order valence-corrected chi connectivity index (χ4v) is 1.59. The number of anilines is 1. The second-order valence-corrected chi connectivity index (χ2v) is 3.93. The van der Waals surface area contributed by atoms with E-state index < -0.39 is 5.54 Å². The largest absolute Gasteiger partial charge is 0.506 e. The molecule has 1 aromatic rings. The van der Waals surface area contributed by atoms with Gasteiger partial charge in [-0.25, -0.2) is 0 Å². The molecule has 0 radical (unpaired) electrons. The Labute approximate surface area is 93.2 Å². The average Bonchev–Trinajstić information content (AvgIpc) is 2.70. The van der Waals surface area contributed by atoms with Crippen molar-refractivity contribution in [1.29, 1.82) is 0 Å². The van der Waals surface area contributed by atoms with Crippen LogP contribution in [0.2, 0.25) is 0 Å². The molecule has 0 spiro atoms. The Kier molecular flexibility index (Phi) is 2.80. The Bertz CT molecular complexity index is 400. The number of amides is 1. The zero-order valence-corrected chi connectivity index (χ0v) is 8.77. The summed E-state index contributed by atoms with van der Waals surface area (Å²) in [7, 11) is 0. The molecule has 1 saturated heterocycles. The lowest BCUT2D eigenvalue weighted by molar-refractivity contribution is -0.121. The zero-order chi connectivity index (χ0) is 11.6. The van der Waals surface area contributed by atoms with E-state index in [9.17, 15) is 9.90 Å². The summed E-state index contributed by atoms with van der Waals surface area (Å²) in [6.45, 7) is 0.705. The van der Waals surface area contributed by atoms with Gasteiger partial charge in [-0.2, -0.15) is 0 Å². The predicted molar refractivity (Wildman–Crippen MR) is 59.1 cm³/mol. The van der Waals surface area contributed by atoms with Gasteiger partial charge in [-0.15, -0.1) is 0 Å². The highest BCUT2D eigenvalue weighted by atomic mass is 16.5. The summed E-state index contributed by atoms with van der Waals surface area (Å²) < 4.78 is 5.10. The summed E-state index contributed by atoms with van der Waals surface area (Å²) in [5.74, 6) is -0.301. The van der Waals surface area contributed by atoms with Crippen molar-refractivity contribution in [2.45, 2.75) is 12.0 Å². The number of hydrogen-bond donors (Lipinski definition) is 3. The molecule has 1 aliphatic rings. The number of para-hydroxylation sites is 2. The van der Waals surface area contributed by atoms with Crippen molar-refractivity contribution >= 4 is 11.6 Å². The van der Waals surface area contributed by atoms with Crippen LogP contribution in [0.15, 0.2) is 24.3 Å². The molecular formula is C11H14N2O3. The molecule has 16 heavy (non-hydrogen) atoms. The third-order valence-electron chi connectivity index (χ3n) is 2.66. The lowest BCUT2D eigenvalue weighted by Gasteiger charge is -2.20. The van der Waals surface area contributed by atoms with Crippen molar-refractivity contribution in [2.75, 3.05) is 18.5 Å². The summed E-state index contributed by atoms with van der Waals surface area (Å²) in [5, 5.41) is 12.1. The summed E-state index contributed by atoms with van der Waals surface area (Å²) in [6, 6.07) is 6.53. The van der Waals surface area contributed by atoms with Crippen molar-refractivity contribution < 1.29 is 14.6 Å². The van der Waals surface area contributed by atoms with Crippen molar-refractivity contribution in [3.63, 3.8) is 0 Å². The van der Waals surface area contributed by atoms with Crippen LogP contribution in [0.5, 0.6) is 5.75 Å². The topological polar surface area (TPSA) is 84.6 Å². The van der Waals surface area contributed by atoms with Gasteiger partial charge in [-0.3, -0.25) is 4.79 Å². The van der Waals surface area contributed by atoms with Crippen LogP contribution in [0, 0.1) is 0 Å². The maximum Gasteiger partial charge on any atom is 0.247 e. The Morgan fingerprint density at radius 1 is 1.50 bits per heavy atom. The van der Waals surface area contributed by atoms with Gasteiger partial charge in [-0.1, -0.05) is 12.1 Å². The second-order valence-electron chi connectivity index (χ2n) is 3.93. The molecule has 1 amide bonds. The molecule has 5 nitrogen and oxygen atoms in total. The first-order valence-corrected chi connectivity index (χ1v) is 5.08. The normalized spacial score (nSPS) is 24.3. The van der Waals surface area contributed by atoms with E-state index in [4.69, 9.17) is 10.5 Å². The Balaban J connectivity index is 2.10. The number of phenolic OH excluding ortho intramolecular Hbond substituents is 1. The van der Waals surface area contributed by atoms with Gasteiger partial charge in [-0.05, 0) is 18.6 Å². The number of ether oxygens (including phenoxy) is 1. The number of benzene rings is 1. The third-order valence-corrected chi connectivity index (χ3v) is 2.66. The summed E-state index contributed by atoms with van der Waals surface area (Å²) in [5.41, 5.74) is 5.26. The molecule has 86 valence electrons. The monoisotopic (exact) mass is 222 g/mol. The fraction of sp³-hybridized carbons (Fsp3) is 0.364. The summed E-state index contributed by atoms with van der Waals surface area (Å²) in [6.07, 6.45) is 0.492. The van der Waals surface area contributed by atoms with E-state index in [0.717, 1.165) is 0 Å². The minimum atomic E-state index is -0.984. The van der Waals surface area contributed by atoms with Crippen molar-refractivity contribution in [3.05, 3.63) is 24.3 Å². The third kappa shape index (κ3) is 2.00. The number of carbonyl (C=O) groups is 1. The van der Waals surface area contributed by atoms with Crippen LogP contribution in [0.4, 0.5) is 5.69 Å². The minimum absolute atomic E-state index is 0.0263. The van der Waals surface area contributed by atoms with Gasteiger partial charge in [0.05, 0.1) is 12.3 Å². The predicted octanol–water partition coefficient (Wildman–Crippen LogP) is 0.448. The number of nitrogens with one attached hydrogen (secondary N) is 1. The Morgan fingerprint density at radius 2 is 2.25 bits per heavy atom. The van der Waals surface area contributed by atoms with Crippen LogP contribution in [0.25, 0.3) is 0 Å². The Hall–Kier alpha value is -1.59. The van der Waals surface area contributed by atoms with Gasteiger partial charge in [0.25, 0.3) is 0 Å². The summed E-state index contributed by atoms with van der Waals surface area (Å²) in [4.78, 5) is 11.9. The van der Waals surface area contributed by atoms with Crippen LogP contribution >= 0.6 is 0 Å². The molecule has 0 saturated carbocycles. The van der Waals surface area contributed by atoms with Gasteiger partial charge >= 0.3 is 0 Å². The first-order chi connectivity index (χ1) is 7.62. The number of carbonyl (C=O) groups excluding carboxylic acids is 1. The molecular weight excluding hydrogens is 208 g/mol. The molecule has 5 heteroatoms. The van der Waals surface area contributed by atoms with Gasteiger partial charge in [0.15, 0.2) is 0 Å². The van der Waals surface area contributed by atoms with Gasteiger partial charge in [0.1, 0.15) is 11.3 Å². The molecule has 1 unspecified atom stereocenters. The van der Waals surface area contributed by atoms with E-state index in [2.05, 4.69) is 5.32 Å². The van der Waals surface area contributed by atoms with Crippen LogP contribution in [-0.4, -0.2) is 29.8 Å². The van der Waals surface area contributed by atoms with Crippen molar-refractivity contribution in [2.24, 2.45) is 5.73 Å². The molecule has 1 atom stereocenters. The minimum Gasteiger partial charge on any atom is -0.506 e. The Morgan fingerprint density at radius 3 is 2.88 bits per heavy atom. The standard InChI is InChI=1S/C11H14N2O3/c12-11(5-6-16-7-11)10(15)13-8-3-1-2-4-9(8)14/h1-4,14H,5-7,12H2,(H,13,15). The second kappa shape index (κ2) is 4.11. The molecule has 0 aliphatic carbocycles. The number of phenols is 1. The molecule has 0 aromatic heterocycles. The summed E-state index contributed by atoms with van der Waals surface area (Å²) >= 11 is 0. The average molecular weight is 222 g/mol. The van der Waals surface area contributed by atoms with Gasteiger partial charge in [0.2, 0.25) is 5.91 Å². The number of rotatable bonds is 2. The number of hydrogen-bond acceptors (Lipinski definition) is 4. The quantitative estimate of drug-likeness (QED) is 0.634. The van der Waals surface area contributed by atoms with Crippen molar-refractivity contribution in [1.82, 2.24) is 0 Å². The molecule has 1 aliphatic heterocycles. The highest BCUT2D eigenvalue weighted by Crippen LogP contribution is 2.24. The highest BCUT2D eigenvalue weighted by Gasteiger charge is 2.38. The maximum absolute atomic E-state index is 11.9. The SMILES string of the molecule is NC1(C(=O)Nc2ccccc2O)CCOC1. The van der Waals surface area contributed by atoms with Gasteiger partial charge in [0, 0.05) is 6.61 Å². The molecule has 2 rings (SSSR count). The number of aromatic hydroxyl groups is 1. The lowest BCUT2D eigenvalue weighted by atomic mass is 9.99. The van der Waals surface area contributed by atoms with E-state index in [0.29, 0.717) is 18.7 Å². The van der Waals surface area contributed by atoms with E-state index >= 15 is 0 Å². The van der Waals surface area contributed by atoms with Crippen LogP contribution in [0.1, 0.15) is 6.42 Å².